The predicted octanol–water partition coefficient (Wildman–Crippen LogP) is 4.55. The smallest absolute Gasteiger partial charge is 0.354 e. The zero-order valence-corrected chi connectivity index (χ0v) is 18.2. The van der Waals surface area contributed by atoms with Crippen LogP contribution in [0.2, 0.25) is 0 Å². The summed E-state index contributed by atoms with van der Waals surface area (Å²) in [4.78, 5) is 9.15. The predicted molar refractivity (Wildman–Crippen MR) is 117 cm³/mol. The number of hydrogen-bond donors (Lipinski definition) is 0. The minimum atomic E-state index is -4.33. The molecule has 0 atom stereocenters. The van der Waals surface area contributed by atoms with Crippen LogP contribution in [0.15, 0.2) is 48.8 Å². The van der Waals surface area contributed by atoms with E-state index in [1.165, 1.54) is 23.4 Å². The Morgan fingerprint density at radius 3 is 2.26 bits per heavy atom. The topological polar surface area (TPSA) is 37.2 Å². The first-order valence-corrected chi connectivity index (χ1v) is 9.90. The van der Waals surface area contributed by atoms with E-state index in [9.17, 15) is 13.2 Å². The summed E-state index contributed by atoms with van der Waals surface area (Å²) in [6.45, 7) is 6.33. The van der Waals surface area contributed by atoms with Gasteiger partial charge in [-0.2, -0.15) is 18.3 Å². The maximum atomic E-state index is 12.9. The molecule has 3 aromatic rings. The minimum Gasteiger partial charge on any atom is -0.354 e. The minimum absolute atomic E-state index is 0. The van der Waals surface area contributed by atoms with Gasteiger partial charge in [0.05, 0.1) is 11.8 Å². The SMILES string of the molecule is Cc1c(CN2CCN(c3ncccc3-c3ccc(C(F)(F)F)cc3)CC2)cnn1C.Cl. The van der Waals surface area contributed by atoms with Crippen molar-refractivity contribution >= 4 is 18.2 Å². The third kappa shape index (κ3) is 5.02. The van der Waals surface area contributed by atoms with Gasteiger partial charge in [-0.1, -0.05) is 12.1 Å². The van der Waals surface area contributed by atoms with Gasteiger partial charge in [0.15, 0.2) is 0 Å². The van der Waals surface area contributed by atoms with Gasteiger partial charge in [-0.15, -0.1) is 12.4 Å². The highest BCUT2D eigenvalue weighted by Gasteiger charge is 2.30. The first kappa shape index (κ1) is 23.1. The van der Waals surface area contributed by atoms with Gasteiger partial charge in [-0.05, 0) is 36.8 Å². The lowest BCUT2D eigenvalue weighted by molar-refractivity contribution is -0.137. The molecule has 0 spiro atoms. The van der Waals surface area contributed by atoms with Crippen LogP contribution < -0.4 is 4.90 Å². The van der Waals surface area contributed by atoms with Crippen molar-refractivity contribution in [3.8, 4) is 11.1 Å². The number of benzene rings is 1. The number of rotatable bonds is 4. The number of hydrogen-bond acceptors (Lipinski definition) is 4. The van der Waals surface area contributed by atoms with Gasteiger partial charge in [0.25, 0.3) is 0 Å². The molecule has 0 bridgehead atoms. The molecule has 3 heterocycles. The average molecular weight is 452 g/mol. The van der Waals surface area contributed by atoms with Crippen LogP contribution in [0.4, 0.5) is 19.0 Å². The van der Waals surface area contributed by atoms with Crippen LogP contribution >= 0.6 is 12.4 Å². The summed E-state index contributed by atoms with van der Waals surface area (Å²) in [5.74, 6) is 0.814. The maximum absolute atomic E-state index is 12.9. The van der Waals surface area contributed by atoms with E-state index in [0.717, 1.165) is 61.8 Å². The highest BCUT2D eigenvalue weighted by Crippen LogP contribution is 2.33. The molecule has 1 saturated heterocycles. The third-order valence-electron chi connectivity index (χ3n) is 5.71. The monoisotopic (exact) mass is 451 g/mol. The number of aromatic nitrogens is 3. The Balaban J connectivity index is 0.00000272. The third-order valence-corrected chi connectivity index (χ3v) is 5.71. The Kier molecular flexibility index (Phi) is 6.91. The molecule has 5 nitrogen and oxygen atoms in total. The standard InChI is InChI=1S/C22H24F3N5.ClH/c1-16-18(14-27-28(16)2)15-29-10-12-30(13-11-29)21-20(4-3-9-26-21)17-5-7-19(8-6-17)22(23,24)25;/h3-9,14H,10-13,15H2,1-2H3;1H. The molecule has 1 aromatic carbocycles. The molecule has 0 radical (unpaired) electrons. The molecule has 0 saturated carbocycles. The lowest BCUT2D eigenvalue weighted by Gasteiger charge is -2.36. The molecule has 1 aliphatic rings. The fourth-order valence-electron chi connectivity index (χ4n) is 3.77. The van der Waals surface area contributed by atoms with E-state index in [2.05, 4.69) is 26.8 Å². The van der Waals surface area contributed by atoms with Crippen LogP contribution in [0.3, 0.4) is 0 Å². The van der Waals surface area contributed by atoms with Crippen LogP contribution in [0.1, 0.15) is 16.8 Å². The summed E-state index contributed by atoms with van der Waals surface area (Å²) in [7, 11) is 1.95. The highest BCUT2D eigenvalue weighted by atomic mass is 35.5. The van der Waals surface area contributed by atoms with E-state index in [1.807, 2.05) is 30.1 Å². The summed E-state index contributed by atoms with van der Waals surface area (Å²) >= 11 is 0. The van der Waals surface area contributed by atoms with E-state index >= 15 is 0 Å². The van der Waals surface area contributed by atoms with E-state index in [-0.39, 0.29) is 12.4 Å². The lowest BCUT2D eigenvalue weighted by atomic mass is 10.0. The van der Waals surface area contributed by atoms with Gasteiger partial charge >= 0.3 is 6.18 Å². The zero-order valence-electron chi connectivity index (χ0n) is 17.4. The molecule has 1 aliphatic heterocycles. The van der Waals surface area contributed by atoms with Crippen molar-refractivity contribution in [2.75, 3.05) is 31.1 Å². The number of aryl methyl sites for hydroxylation is 1. The molecule has 4 rings (SSSR count). The zero-order chi connectivity index (χ0) is 21.3. The van der Waals surface area contributed by atoms with Gasteiger partial charge in [0.1, 0.15) is 5.82 Å². The molecule has 166 valence electrons. The normalized spacial score (nSPS) is 15.1. The molecule has 0 N–H and O–H groups in total. The Morgan fingerprint density at radius 2 is 1.68 bits per heavy atom. The molecular weight excluding hydrogens is 427 g/mol. The van der Waals surface area contributed by atoms with Crippen molar-refractivity contribution in [1.82, 2.24) is 19.7 Å². The number of halogens is 4. The molecule has 0 unspecified atom stereocenters. The van der Waals surface area contributed by atoms with Crippen molar-refractivity contribution in [2.24, 2.45) is 7.05 Å². The van der Waals surface area contributed by atoms with Gasteiger partial charge in [-0.3, -0.25) is 9.58 Å². The Labute approximate surface area is 185 Å². The molecular formula is C22H25ClF3N5. The number of piperazine rings is 1. The largest absolute Gasteiger partial charge is 0.416 e. The quantitative estimate of drug-likeness (QED) is 0.583. The first-order valence-electron chi connectivity index (χ1n) is 9.90. The van der Waals surface area contributed by atoms with Crippen LogP contribution in [-0.4, -0.2) is 45.8 Å². The second-order valence-electron chi connectivity index (χ2n) is 7.59. The highest BCUT2D eigenvalue weighted by molar-refractivity contribution is 5.85. The van der Waals surface area contributed by atoms with Gasteiger partial charge in [0, 0.05) is 62.8 Å². The maximum Gasteiger partial charge on any atom is 0.416 e. The van der Waals surface area contributed by atoms with Crippen LogP contribution in [0.5, 0.6) is 0 Å². The molecule has 2 aromatic heterocycles. The van der Waals surface area contributed by atoms with Crippen molar-refractivity contribution in [1.29, 1.82) is 0 Å². The Morgan fingerprint density at radius 1 is 1.00 bits per heavy atom. The molecule has 31 heavy (non-hydrogen) atoms. The van der Waals surface area contributed by atoms with Gasteiger partial charge in [0.2, 0.25) is 0 Å². The van der Waals surface area contributed by atoms with Crippen LogP contribution in [0, 0.1) is 6.92 Å². The van der Waals surface area contributed by atoms with E-state index in [4.69, 9.17) is 0 Å². The van der Waals surface area contributed by atoms with Crippen molar-refractivity contribution in [3.63, 3.8) is 0 Å². The Hall–Kier alpha value is -2.58. The summed E-state index contributed by atoms with van der Waals surface area (Å²) in [5.41, 5.74) is 3.35. The van der Waals surface area contributed by atoms with Crippen molar-refractivity contribution in [2.45, 2.75) is 19.6 Å². The summed E-state index contributed by atoms with van der Waals surface area (Å²) < 4.78 is 40.5. The molecule has 0 amide bonds. The summed E-state index contributed by atoms with van der Waals surface area (Å²) in [5, 5.41) is 4.31. The number of anilines is 1. The van der Waals surface area contributed by atoms with Crippen LogP contribution in [-0.2, 0) is 19.8 Å². The van der Waals surface area contributed by atoms with E-state index < -0.39 is 11.7 Å². The average Bonchev–Trinajstić information content (AvgIpc) is 3.06. The van der Waals surface area contributed by atoms with Crippen molar-refractivity contribution < 1.29 is 13.2 Å². The van der Waals surface area contributed by atoms with E-state index in [0.29, 0.717) is 0 Å². The fraction of sp³-hybridized carbons (Fsp3) is 0.364. The molecule has 9 heteroatoms. The number of pyridine rings is 1. The first-order chi connectivity index (χ1) is 14.3. The second-order valence-corrected chi connectivity index (χ2v) is 7.59. The Bertz CT molecular complexity index is 1010. The van der Waals surface area contributed by atoms with Gasteiger partial charge < -0.3 is 4.90 Å². The van der Waals surface area contributed by atoms with Crippen molar-refractivity contribution in [3.05, 3.63) is 65.6 Å². The summed E-state index contributed by atoms with van der Waals surface area (Å²) in [6, 6.07) is 9.02. The summed E-state index contributed by atoms with van der Waals surface area (Å²) in [6.07, 6.45) is -0.684. The fourth-order valence-corrected chi connectivity index (χ4v) is 3.77. The van der Waals surface area contributed by atoms with E-state index in [1.54, 1.807) is 6.20 Å². The number of nitrogens with zero attached hydrogens (tertiary/aromatic N) is 5. The number of alkyl halides is 3. The second kappa shape index (κ2) is 9.28. The lowest BCUT2D eigenvalue weighted by Crippen LogP contribution is -2.46. The molecule has 1 fully saturated rings. The van der Waals surface area contributed by atoms with Crippen LogP contribution in [0.25, 0.3) is 11.1 Å². The molecule has 0 aliphatic carbocycles. The van der Waals surface area contributed by atoms with Gasteiger partial charge in [-0.25, -0.2) is 4.98 Å².